The summed E-state index contributed by atoms with van der Waals surface area (Å²) >= 11 is 0. The van der Waals surface area contributed by atoms with Gasteiger partial charge in [0.1, 0.15) is 5.82 Å². The Morgan fingerprint density at radius 2 is 1.96 bits per heavy atom. The summed E-state index contributed by atoms with van der Waals surface area (Å²) in [5.74, 6) is 1.56. The largest absolute Gasteiger partial charge is 0.447 e. The van der Waals surface area contributed by atoms with E-state index in [-0.39, 0.29) is 12.2 Å². The van der Waals surface area contributed by atoms with Gasteiger partial charge in [-0.25, -0.2) is 9.78 Å². The zero-order valence-electron chi connectivity index (χ0n) is 15.9. The lowest BCUT2D eigenvalue weighted by Crippen LogP contribution is -2.43. The van der Waals surface area contributed by atoms with Gasteiger partial charge in [-0.2, -0.15) is 0 Å². The van der Waals surface area contributed by atoms with E-state index in [0.717, 1.165) is 63.5 Å². The molecule has 0 saturated carbocycles. The van der Waals surface area contributed by atoms with Crippen LogP contribution in [0.1, 0.15) is 32.3 Å². The SMILES string of the molecule is CC(C)OC(=O)N1CCC(/C=C/c2ccc(N3CCNCC3)nc2)CC1. The van der Waals surface area contributed by atoms with E-state index in [2.05, 4.69) is 39.5 Å². The van der Waals surface area contributed by atoms with E-state index < -0.39 is 0 Å². The molecule has 142 valence electrons. The number of piperazine rings is 1. The van der Waals surface area contributed by atoms with Crippen molar-refractivity contribution < 1.29 is 9.53 Å². The Bertz CT molecular complexity index is 601. The number of ether oxygens (including phenoxy) is 1. The van der Waals surface area contributed by atoms with Gasteiger partial charge >= 0.3 is 6.09 Å². The number of nitrogens with zero attached hydrogens (tertiary/aromatic N) is 3. The molecule has 2 aliphatic heterocycles. The van der Waals surface area contributed by atoms with Gasteiger partial charge in [-0.3, -0.25) is 0 Å². The maximum Gasteiger partial charge on any atom is 0.410 e. The zero-order chi connectivity index (χ0) is 18.4. The number of nitrogens with one attached hydrogen (secondary N) is 1. The summed E-state index contributed by atoms with van der Waals surface area (Å²) in [4.78, 5) is 20.7. The minimum atomic E-state index is -0.185. The molecule has 1 N–H and O–H groups in total. The van der Waals surface area contributed by atoms with Crippen molar-refractivity contribution in [2.24, 2.45) is 5.92 Å². The number of hydrogen-bond acceptors (Lipinski definition) is 5. The third-order valence-electron chi connectivity index (χ3n) is 4.91. The number of aromatic nitrogens is 1. The van der Waals surface area contributed by atoms with Crippen LogP contribution in [-0.2, 0) is 4.74 Å². The number of carbonyl (C=O) groups excluding carboxylic acids is 1. The van der Waals surface area contributed by atoms with Crippen LogP contribution in [-0.4, -0.2) is 61.3 Å². The van der Waals surface area contributed by atoms with Crippen molar-refractivity contribution in [3.8, 4) is 0 Å². The fraction of sp³-hybridized carbons (Fsp3) is 0.600. The van der Waals surface area contributed by atoms with Gasteiger partial charge < -0.3 is 19.9 Å². The van der Waals surface area contributed by atoms with E-state index in [0.29, 0.717) is 5.92 Å². The summed E-state index contributed by atoms with van der Waals surface area (Å²) < 4.78 is 5.27. The first-order valence-electron chi connectivity index (χ1n) is 9.67. The highest BCUT2D eigenvalue weighted by Crippen LogP contribution is 2.21. The molecule has 0 radical (unpaired) electrons. The molecule has 0 bridgehead atoms. The van der Waals surface area contributed by atoms with E-state index in [4.69, 9.17) is 4.74 Å². The maximum absolute atomic E-state index is 11.9. The number of likely N-dealkylation sites (tertiary alicyclic amines) is 1. The summed E-state index contributed by atoms with van der Waals surface area (Å²) in [6.07, 6.45) is 8.08. The summed E-state index contributed by atoms with van der Waals surface area (Å²) in [7, 11) is 0. The quantitative estimate of drug-likeness (QED) is 0.897. The second-order valence-electron chi connectivity index (χ2n) is 7.30. The van der Waals surface area contributed by atoms with Crippen molar-refractivity contribution in [2.45, 2.75) is 32.8 Å². The van der Waals surface area contributed by atoms with E-state index in [1.54, 1.807) is 0 Å². The Kier molecular flexibility index (Phi) is 6.50. The third kappa shape index (κ3) is 5.21. The molecule has 0 unspecified atom stereocenters. The first-order valence-corrected chi connectivity index (χ1v) is 9.67. The van der Waals surface area contributed by atoms with Crippen LogP contribution in [0.4, 0.5) is 10.6 Å². The first-order chi connectivity index (χ1) is 12.6. The molecule has 2 saturated heterocycles. The van der Waals surface area contributed by atoms with Crippen LogP contribution in [0, 0.1) is 5.92 Å². The Morgan fingerprint density at radius 3 is 2.58 bits per heavy atom. The molecule has 3 rings (SSSR count). The van der Waals surface area contributed by atoms with Crippen molar-refractivity contribution in [2.75, 3.05) is 44.2 Å². The highest BCUT2D eigenvalue weighted by Gasteiger charge is 2.22. The maximum atomic E-state index is 11.9. The second-order valence-corrected chi connectivity index (χ2v) is 7.30. The van der Waals surface area contributed by atoms with E-state index >= 15 is 0 Å². The summed E-state index contributed by atoms with van der Waals surface area (Å²) in [5, 5.41) is 3.36. The summed E-state index contributed by atoms with van der Waals surface area (Å²) in [5.41, 5.74) is 1.13. The van der Waals surface area contributed by atoms with E-state index in [1.807, 2.05) is 24.9 Å². The number of allylic oxidation sites excluding steroid dienone is 1. The van der Waals surface area contributed by atoms with Gasteiger partial charge in [-0.05, 0) is 50.3 Å². The molecule has 0 aliphatic carbocycles. The molecule has 1 aromatic heterocycles. The van der Waals surface area contributed by atoms with Crippen LogP contribution >= 0.6 is 0 Å². The average molecular weight is 358 g/mol. The number of rotatable bonds is 4. The summed E-state index contributed by atoms with van der Waals surface area (Å²) in [6.45, 7) is 9.37. The molecule has 26 heavy (non-hydrogen) atoms. The average Bonchev–Trinajstić information content (AvgIpc) is 2.67. The number of piperidine rings is 1. The van der Waals surface area contributed by atoms with Crippen molar-refractivity contribution in [3.63, 3.8) is 0 Å². The lowest BCUT2D eigenvalue weighted by atomic mass is 9.96. The molecule has 2 aliphatic rings. The van der Waals surface area contributed by atoms with Crippen molar-refractivity contribution in [1.29, 1.82) is 0 Å². The standard InChI is InChI=1S/C20H30N4O2/c1-16(2)26-20(25)24-11-7-17(8-12-24)3-4-18-5-6-19(22-15-18)23-13-9-21-10-14-23/h3-6,15-17,21H,7-14H2,1-2H3/b4-3+. The van der Waals surface area contributed by atoms with Crippen LogP contribution in [0.5, 0.6) is 0 Å². The van der Waals surface area contributed by atoms with Gasteiger partial charge in [0.2, 0.25) is 0 Å². The predicted octanol–water partition coefficient (Wildman–Crippen LogP) is 2.76. The van der Waals surface area contributed by atoms with Crippen LogP contribution < -0.4 is 10.2 Å². The Balaban J connectivity index is 1.47. The molecule has 1 amide bonds. The predicted molar refractivity (Wildman–Crippen MR) is 104 cm³/mol. The van der Waals surface area contributed by atoms with Gasteiger partial charge in [0.25, 0.3) is 0 Å². The van der Waals surface area contributed by atoms with Crippen molar-refractivity contribution >= 4 is 18.0 Å². The molecular weight excluding hydrogens is 328 g/mol. The van der Waals surface area contributed by atoms with Crippen LogP contribution in [0.2, 0.25) is 0 Å². The Hall–Kier alpha value is -2.08. The van der Waals surface area contributed by atoms with Gasteiger partial charge in [0.15, 0.2) is 0 Å². The number of carbonyl (C=O) groups is 1. The smallest absolute Gasteiger partial charge is 0.410 e. The van der Waals surface area contributed by atoms with Crippen LogP contribution in [0.15, 0.2) is 24.4 Å². The number of anilines is 1. The summed E-state index contributed by atoms with van der Waals surface area (Å²) in [6, 6.07) is 4.24. The molecule has 6 nitrogen and oxygen atoms in total. The fourth-order valence-electron chi connectivity index (χ4n) is 3.37. The van der Waals surface area contributed by atoms with Gasteiger partial charge in [-0.1, -0.05) is 12.2 Å². The number of hydrogen-bond donors (Lipinski definition) is 1. The Labute approximate surface area is 156 Å². The van der Waals surface area contributed by atoms with E-state index in [9.17, 15) is 4.79 Å². The molecule has 0 aromatic carbocycles. The fourth-order valence-corrected chi connectivity index (χ4v) is 3.37. The number of pyridine rings is 1. The molecule has 6 heteroatoms. The molecule has 2 fully saturated rings. The third-order valence-corrected chi connectivity index (χ3v) is 4.91. The first kappa shape index (κ1) is 18.7. The van der Waals surface area contributed by atoms with Crippen molar-refractivity contribution in [3.05, 3.63) is 30.0 Å². The lowest BCUT2D eigenvalue weighted by molar-refractivity contribution is 0.0679. The topological polar surface area (TPSA) is 57.7 Å². The monoisotopic (exact) mass is 358 g/mol. The molecule has 0 spiro atoms. The van der Waals surface area contributed by atoms with Crippen LogP contribution in [0.3, 0.4) is 0 Å². The molecule has 0 atom stereocenters. The number of amides is 1. The van der Waals surface area contributed by atoms with Crippen LogP contribution in [0.25, 0.3) is 6.08 Å². The zero-order valence-corrected chi connectivity index (χ0v) is 15.9. The van der Waals surface area contributed by atoms with Gasteiger partial charge in [-0.15, -0.1) is 0 Å². The second kappa shape index (κ2) is 9.03. The lowest BCUT2D eigenvalue weighted by Gasteiger charge is -2.30. The normalized spacial score (nSPS) is 19.3. The highest BCUT2D eigenvalue weighted by atomic mass is 16.6. The highest BCUT2D eigenvalue weighted by molar-refractivity contribution is 5.67. The van der Waals surface area contributed by atoms with Crippen molar-refractivity contribution in [1.82, 2.24) is 15.2 Å². The van der Waals surface area contributed by atoms with Gasteiger partial charge in [0.05, 0.1) is 6.10 Å². The van der Waals surface area contributed by atoms with Gasteiger partial charge in [0, 0.05) is 45.5 Å². The Morgan fingerprint density at radius 1 is 1.23 bits per heavy atom. The molecular formula is C20H30N4O2. The van der Waals surface area contributed by atoms with E-state index in [1.165, 1.54) is 0 Å². The molecule has 1 aromatic rings. The molecule has 3 heterocycles. The minimum absolute atomic E-state index is 0.0585. The minimum Gasteiger partial charge on any atom is -0.447 e.